The predicted molar refractivity (Wildman–Crippen MR) is 57.7 cm³/mol. The minimum absolute atomic E-state index is 1.07. The zero-order chi connectivity index (χ0) is 10.1. The van der Waals surface area contributed by atoms with Crippen molar-refractivity contribution in [1.82, 2.24) is 14.7 Å². The average Bonchev–Trinajstić information content (AvgIpc) is 2.36. The summed E-state index contributed by atoms with van der Waals surface area (Å²) in [5.41, 5.74) is 2.67. The van der Waals surface area contributed by atoms with E-state index in [9.17, 15) is 0 Å². The first-order chi connectivity index (χ1) is 6.72. The SMILES string of the molecule is CNc1c2c(nn1C)CCN(C)CC2. The molecular formula is C10H18N4. The molecule has 2 heterocycles. The molecule has 0 bridgehead atoms. The topological polar surface area (TPSA) is 33.1 Å². The highest BCUT2D eigenvalue weighted by Gasteiger charge is 2.18. The Bertz CT molecular complexity index is 329. The van der Waals surface area contributed by atoms with Crippen LogP contribution in [-0.4, -0.2) is 41.9 Å². The first-order valence-corrected chi connectivity index (χ1v) is 5.13. The molecule has 0 atom stereocenters. The smallest absolute Gasteiger partial charge is 0.127 e. The van der Waals surface area contributed by atoms with Crippen LogP contribution in [0, 0.1) is 0 Å². The summed E-state index contributed by atoms with van der Waals surface area (Å²) in [6.07, 6.45) is 2.18. The second-order valence-corrected chi connectivity index (χ2v) is 3.95. The van der Waals surface area contributed by atoms with E-state index >= 15 is 0 Å². The van der Waals surface area contributed by atoms with Gasteiger partial charge in [-0.15, -0.1) is 0 Å². The molecule has 0 unspecified atom stereocenters. The minimum atomic E-state index is 1.07. The molecule has 1 aromatic rings. The summed E-state index contributed by atoms with van der Waals surface area (Å²) in [5, 5.41) is 7.77. The molecule has 1 aliphatic heterocycles. The second kappa shape index (κ2) is 3.61. The highest BCUT2D eigenvalue weighted by molar-refractivity contribution is 5.48. The van der Waals surface area contributed by atoms with E-state index in [-0.39, 0.29) is 0 Å². The van der Waals surface area contributed by atoms with Crippen molar-refractivity contribution in [3.05, 3.63) is 11.3 Å². The molecule has 1 aliphatic rings. The summed E-state index contributed by atoms with van der Waals surface area (Å²) < 4.78 is 1.95. The van der Waals surface area contributed by atoms with Gasteiger partial charge >= 0.3 is 0 Å². The summed E-state index contributed by atoms with van der Waals surface area (Å²) in [5.74, 6) is 1.18. The van der Waals surface area contributed by atoms with Crippen molar-refractivity contribution in [1.29, 1.82) is 0 Å². The van der Waals surface area contributed by atoms with Gasteiger partial charge in [-0.3, -0.25) is 4.68 Å². The normalized spacial score (nSPS) is 17.6. The number of nitrogens with zero attached hydrogens (tertiary/aromatic N) is 3. The van der Waals surface area contributed by atoms with Gasteiger partial charge in [-0.2, -0.15) is 5.10 Å². The third kappa shape index (κ3) is 1.50. The van der Waals surface area contributed by atoms with Crippen molar-refractivity contribution >= 4 is 5.82 Å². The number of hydrogen-bond donors (Lipinski definition) is 1. The van der Waals surface area contributed by atoms with Crippen LogP contribution in [0.25, 0.3) is 0 Å². The van der Waals surface area contributed by atoms with Crippen LogP contribution < -0.4 is 5.32 Å². The summed E-state index contributed by atoms with van der Waals surface area (Å²) in [7, 11) is 6.14. The highest BCUT2D eigenvalue weighted by Crippen LogP contribution is 2.22. The zero-order valence-corrected chi connectivity index (χ0v) is 9.17. The number of hydrogen-bond acceptors (Lipinski definition) is 3. The van der Waals surface area contributed by atoms with Crippen molar-refractivity contribution < 1.29 is 0 Å². The molecule has 0 fully saturated rings. The van der Waals surface area contributed by atoms with Crippen LogP contribution in [0.5, 0.6) is 0 Å². The van der Waals surface area contributed by atoms with Crippen molar-refractivity contribution in [2.75, 3.05) is 32.5 Å². The van der Waals surface area contributed by atoms with E-state index in [2.05, 4.69) is 22.4 Å². The lowest BCUT2D eigenvalue weighted by Crippen LogP contribution is -2.21. The summed E-state index contributed by atoms with van der Waals surface area (Å²) >= 11 is 0. The molecule has 0 radical (unpaired) electrons. The van der Waals surface area contributed by atoms with Gasteiger partial charge in [-0.25, -0.2) is 0 Å². The molecular weight excluding hydrogens is 176 g/mol. The lowest BCUT2D eigenvalue weighted by atomic mass is 10.1. The van der Waals surface area contributed by atoms with Crippen molar-refractivity contribution in [3.8, 4) is 0 Å². The van der Waals surface area contributed by atoms with Gasteiger partial charge in [0.25, 0.3) is 0 Å². The van der Waals surface area contributed by atoms with Crippen molar-refractivity contribution in [2.45, 2.75) is 12.8 Å². The van der Waals surface area contributed by atoms with Gasteiger partial charge in [-0.05, 0) is 13.5 Å². The summed E-state index contributed by atoms with van der Waals surface area (Å²) in [6, 6.07) is 0. The summed E-state index contributed by atoms with van der Waals surface area (Å²) in [6.45, 7) is 2.25. The molecule has 1 N–H and O–H groups in total. The maximum absolute atomic E-state index is 4.54. The molecule has 0 saturated heterocycles. The molecule has 1 aromatic heterocycles. The molecule has 0 aliphatic carbocycles. The fourth-order valence-electron chi connectivity index (χ4n) is 2.11. The number of anilines is 1. The Labute approximate surface area is 84.9 Å². The maximum atomic E-state index is 4.54. The lowest BCUT2D eigenvalue weighted by Gasteiger charge is -2.12. The molecule has 0 aromatic carbocycles. The fraction of sp³-hybridized carbons (Fsp3) is 0.700. The van der Waals surface area contributed by atoms with Gasteiger partial charge in [0.15, 0.2) is 0 Å². The van der Waals surface area contributed by atoms with Gasteiger partial charge < -0.3 is 10.2 Å². The number of nitrogens with one attached hydrogen (secondary N) is 1. The standard InChI is InChI=1S/C10H18N4/c1-11-10-8-4-6-13(2)7-5-9(8)12-14(10)3/h11H,4-7H2,1-3H3. The van der Waals surface area contributed by atoms with Crippen LogP contribution in [0.3, 0.4) is 0 Å². The Morgan fingerprint density at radius 3 is 2.64 bits per heavy atom. The molecule has 14 heavy (non-hydrogen) atoms. The van der Waals surface area contributed by atoms with Crippen molar-refractivity contribution in [2.24, 2.45) is 7.05 Å². The third-order valence-corrected chi connectivity index (χ3v) is 2.94. The van der Waals surface area contributed by atoms with E-state index in [0.717, 1.165) is 25.9 Å². The molecule has 0 amide bonds. The number of fused-ring (bicyclic) bond motifs is 1. The molecule has 78 valence electrons. The van der Waals surface area contributed by atoms with Gasteiger partial charge in [0.05, 0.1) is 5.69 Å². The highest BCUT2D eigenvalue weighted by atomic mass is 15.3. The van der Waals surface area contributed by atoms with Gasteiger partial charge in [0, 0.05) is 39.2 Å². The maximum Gasteiger partial charge on any atom is 0.127 e. The molecule has 4 nitrogen and oxygen atoms in total. The van der Waals surface area contributed by atoms with Crippen LogP contribution in [0.4, 0.5) is 5.82 Å². The predicted octanol–water partition coefficient (Wildman–Crippen LogP) is 0.492. The number of likely N-dealkylation sites (N-methyl/N-ethyl adjacent to an activating group) is 1. The van der Waals surface area contributed by atoms with Crippen LogP contribution >= 0.6 is 0 Å². The van der Waals surface area contributed by atoms with Gasteiger partial charge in [-0.1, -0.05) is 0 Å². The van der Waals surface area contributed by atoms with E-state index < -0.39 is 0 Å². The van der Waals surface area contributed by atoms with E-state index in [1.807, 2.05) is 18.8 Å². The average molecular weight is 194 g/mol. The first-order valence-electron chi connectivity index (χ1n) is 5.13. The first kappa shape index (κ1) is 9.52. The van der Waals surface area contributed by atoms with E-state index in [4.69, 9.17) is 0 Å². The van der Waals surface area contributed by atoms with Gasteiger partial charge in [0.1, 0.15) is 5.82 Å². The van der Waals surface area contributed by atoms with Gasteiger partial charge in [0.2, 0.25) is 0 Å². The molecule has 0 spiro atoms. The zero-order valence-electron chi connectivity index (χ0n) is 9.17. The lowest BCUT2D eigenvalue weighted by molar-refractivity contribution is 0.350. The Kier molecular flexibility index (Phi) is 2.46. The number of rotatable bonds is 1. The molecule has 2 rings (SSSR count). The Morgan fingerprint density at radius 2 is 1.93 bits per heavy atom. The van der Waals surface area contributed by atoms with E-state index in [1.54, 1.807) is 0 Å². The van der Waals surface area contributed by atoms with E-state index in [0.29, 0.717) is 0 Å². The monoisotopic (exact) mass is 194 g/mol. The third-order valence-electron chi connectivity index (χ3n) is 2.94. The minimum Gasteiger partial charge on any atom is -0.373 e. The fourth-order valence-corrected chi connectivity index (χ4v) is 2.11. The summed E-state index contributed by atoms with van der Waals surface area (Å²) in [4.78, 5) is 2.36. The Hall–Kier alpha value is -1.03. The Balaban J connectivity index is 2.35. The number of aromatic nitrogens is 2. The van der Waals surface area contributed by atoms with E-state index in [1.165, 1.54) is 17.1 Å². The molecule has 0 saturated carbocycles. The van der Waals surface area contributed by atoms with Crippen LogP contribution in [0.15, 0.2) is 0 Å². The van der Waals surface area contributed by atoms with Crippen LogP contribution in [0.1, 0.15) is 11.3 Å². The quantitative estimate of drug-likeness (QED) is 0.706. The molecule has 4 heteroatoms. The number of aryl methyl sites for hydroxylation is 1. The Morgan fingerprint density at radius 1 is 1.21 bits per heavy atom. The largest absolute Gasteiger partial charge is 0.373 e. The van der Waals surface area contributed by atoms with Crippen LogP contribution in [0.2, 0.25) is 0 Å². The van der Waals surface area contributed by atoms with Crippen molar-refractivity contribution in [3.63, 3.8) is 0 Å². The van der Waals surface area contributed by atoms with Crippen LogP contribution in [-0.2, 0) is 19.9 Å². The second-order valence-electron chi connectivity index (χ2n) is 3.95.